The van der Waals surface area contributed by atoms with E-state index in [1.807, 2.05) is 24.3 Å². The molecule has 0 radical (unpaired) electrons. The number of para-hydroxylation sites is 1. The molecule has 0 spiro atoms. The number of esters is 1. The van der Waals surface area contributed by atoms with Crippen molar-refractivity contribution in [1.82, 2.24) is 4.98 Å². The Labute approximate surface area is 125 Å². The molecular formula is C16H12N2O4. The van der Waals surface area contributed by atoms with Gasteiger partial charge in [0.05, 0.1) is 4.92 Å². The number of aromatic amines is 1. The highest BCUT2D eigenvalue weighted by atomic mass is 16.6. The van der Waals surface area contributed by atoms with Gasteiger partial charge in [-0.2, -0.15) is 0 Å². The Balaban J connectivity index is 1.72. The average Bonchev–Trinajstić information content (AvgIpc) is 2.97. The van der Waals surface area contributed by atoms with Gasteiger partial charge in [0.2, 0.25) is 0 Å². The second-order valence-electron chi connectivity index (χ2n) is 4.77. The summed E-state index contributed by atoms with van der Waals surface area (Å²) >= 11 is 0. The van der Waals surface area contributed by atoms with Gasteiger partial charge in [0.25, 0.3) is 5.69 Å². The lowest BCUT2D eigenvalue weighted by molar-refractivity contribution is -0.384. The lowest BCUT2D eigenvalue weighted by Crippen LogP contribution is -2.05. The molecular weight excluding hydrogens is 284 g/mol. The lowest BCUT2D eigenvalue weighted by Gasteiger charge is -2.03. The number of nitro benzene ring substituents is 1. The van der Waals surface area contributed by atoms with Crippen LogP contribution in [0.15, 0.2) is 54.6 Å². The largest absolute Gasteiger partial charge is 0.456 e. The Hall–Kier alpha value is -3.15. The Morgan fingerprint density at radius 3 is 2.73 bits per heavy atom. The second-order valence-corrected chi connectivity index (χ2v) is 4.77. The van der Waals surface area contributed by atoms with Gasteiger partial charge >= 0.3 is 5.97 Å². The molecule has 0 unspecified atom stereocenters. The molecule has 3 rings (SSSR count). The number of nitrogens with zero attached hydrogens (tertiary/aromatic N) is 1. The molecule has 0 aliphatic rings. The van der Waals surface area contributed by atoms with Crippen LogP contribution in [0, 0.1) is 10.1 Å². The summed E-state index contributed by atoms with van der Waals surface area (Å²) in [5.74, 6) is -0.497. The van der Waals surface area contributed by atoms with E-state index in [4.69, 9.17) is 4.74 Å². The van der Waals surface area contributed by atoms with Crippen LogP contribution in [0.3, 0.4) is 0 Å². The number of carbonyl (C=O) groups excluding carboxylic acids is 1. The molecule has 0 aliphatic heterocycles. The number of carbonyl (C=O) groups is 1. The summed E-state index contributed by atoms with van der Waals surface area (Å²) in [7, 11) is 0. The Morgan fingerprint density at radius 1 is 1.14 bits per heavy atom. The van der Waals surface area contributed by atoms with Crippen molar-refractivity contribution in [3.8, 4) is 0 Å². The zero-order valence-corrected chi connectivity index (χ0v) is 11.5. The van der Waals surface area contributed by atoms with E-state index in [9.17, 15) is 14.9 Å². The molecule has 1 N–H and O–H groups in total. The van der Waals surface area contributed by atoms with E-state index in [-0.39, 0.29) is 12.3 Å². The van der Waals surface area contributed by atoms with Crippen molar-refractivity contribution in [2.75, 3.05) is 0 Å². The number of fused-ring (bicyclic) bond motifs is 1. The van der Waals surface area contributed by atoms with Gasteiger partial charge in [0.1, 0.15) is 12.3 Å². The summed E-state index contributed by atoms with van der Waals surface area (Å²) in [5, 5.41) is 11.6. The highest BCUT2D eigenvalue weighted by molar-refractivity contribution is 5.94. The summed E-state index contributed by atoms with van der Waals surface area (Å²) < 4.78 is 5.19. The van der Waals surface area contributed by atoms with Gasteiger partial charge < -0.3 is 9.72 Å². The van der Waals surface area contributed by atoms with Crippen molar-refractivity contribution in [3.63, 3.8) is 0 Å². The molecule has 0 atom stereocenters. The first-order chi connectivity index (χ1) is 10.6. The predicted molar refractivity (Wildman–Crippen MR) is 80.5 cm³/mol. The maximum atomic E-state index is 12.0. The van der Waals surface area contributed by atoms with E-state index in [1.165, 1.54) is 12.1 Å². The summed E-state index contributed by atoms with van der Waals surface area (Å²) in [6.07, 6.45) is 0. The lowest BCUT2D eigenvalue weighted by atomic mass is 10.2. The van der Waals surface area contributed by atoms with E-state index < -0.39 is 10.9 Å². The number of ether oxygens (including phenoxy) is 1. The van der Waals surface area contributed by atoms with Gasteiger partial charge in [-0.15, -0.1) is 0 Å². The molecule has 2 aromatic carbocycles. The highest BCUT2D eigenvalue weighted by Gasteiger charge is 2.12. The van der Waals surface area contributed by atoms with E-state index in [0.29, 0.717) is 11.3 Å². The summed E-state index contributed by atoms with van der Waals surface area (Å²) in [4.78, 5) is 25.2. The quantitative estimate of drug-likeness (QED) is 0.454. The van der Waals surface area contributed by atoms with Crippen LogP contribution in [-0.2, 0) is 11.3 Å². The van der Waals surface area contributed by atoms with Crippen molar-refractivity contribution < 1.29 is 14.5 Å². The second kappa shape index (κ2) is 5.69. The molecule has 6 nitrogen and oxygen atoms in total. The van der Waals surface area contributed by atoms with Crippen molar-refractivity contribution in [1.29, 1.82) is 0 Å². The van der Waals surface area contributed by atoms with E-state index in [0.717, 1.165) is 10.9 Å². The van der Waals surface area contributed by atoms with Crippen molar-refractivity contribution in [2.24, 2.45) is 0 Å². The molecule has 0 saturated heterocycles. The minimum atomic E-state index is -0.497. The van der Waals surface area contributed by atoms with Crippen molar-refractivity contribution in [3.05, 3.63) is 76.0 Å². The molecule has 0 saturated carbocycles. The summed E-state index contributed by atoms with van der Waals surface area (Å²) in [6, 6.07) is 15.2. The fourth-order valence-corrected chi connectivity index (χ4v) is 2.17. The highest BCUT2D eigenvalue weighted by Crippen LogP contribution is 2.17. The van der Waals surface area contributed by atoms with Gasteiger partial charge in [-0.25, -0.2) is 4.79 Å². The molecule has 110 valence electrons. The molecule has 22 heavy (non-hydrogen) atoms. The third-order valence-corrected chi connectivity index (χ3v) is 3.24. The van der Waals surface area contributed by atoms with Crippen LogP contribution in [0.5, 0.6) is 0 Å². The molecule has 0 amide bonds. The predicted octanol–water partition coefficient (Wildman–Crippen LogP) is 3.43. The molecule has 6 heteroatoms. The van der Waals surface area contributed by atoms with Crippen LogP contribution < -0.4 is 0 Å². The van der Waals surface area contributed by atoms with Crippen LogP contribution in [0.25, 0.3) is 10.9 Å². The standard InChI is InChI=1S/C16H12N2O4/c19-16(15-9-12-5-1-2-7-14(12)17-15)22-10-11-4-3-6-13(8-11)18(20)21/h1-9,17H,10H2. The summed E-state index contributed by atoms with van der Waals surface area (Å²) in [6.45, 7) is -0.0180. The van der Waals surface area contributed by atoms with E-state index in [2.05, 4.69) is 4.98 Å². The zero-order valence-electron chi connectivity index (χ0n) is 11.5. The van der Waals surface area contributed by atoms with Crippen LogP contribution in [0.4, 0.5) is 5.69 Å². The average molecular weight is 296 g/mol. The van der Waals surface area contributed by atoms with E-state index in [1.54, 1.807) is 18.2 Å². The monoisotopic (exact) mass is 296 g/mol. The topological polar surface area (TPSA) is 85.2 Å². The minimum Gasteiger partial charge on any atom is -0.456 e. The van der Waals surface area contributed by atoms with Gasteiger partial charge in [0, 0.05) is 23.0 Å². The van der Waals surface area contributed by atoms with Gasteiger partial charge in [-0.1, -0.05) is 30.3 Å². The number of hydrogen-bond donors (Lipinski definition) is 1. The Bertz CT molecular complexity index is 821. The number of nitrogens with one attached hydrogen (secondary N) is 1. The normalized spacial score (nSPS) is 10.5. The van der Waals surface area contributed by atoms with Crippen molar-refractivity contribution in [2.45, 2.75) is 6.61 Å². The zero-order chi connectivity index (χ0) is 15.5. The fourth-order valence-electron chi connectivity index (χ4n) is 2.17. The first-order valence-electron chi connectivity index (χ1n) is 6.62. The van der Waals surface area contributed by atoms with Gasteiger partial charge in [-0.05, 0) is 17.7 Å². The number of non-ortho nitro benzene ring substituents is 1. The van der Waals surface area contributed by atoms with Crippen molar-refractivity contribution >= 4 is 22.6 Å². The van der Waals surface area contributed by atoms with Gasteiger partial charge in [0.15, 0.2) is 0 Å². The molecule has 1 heterocycles. The first-order valence-corrected chi connectivity index (χ1v) is 6.62. The SMILES string of the molecule is O=C(OCc1cccc([N+](=O)[O-])c1)c1cc2ccccc2[nH]1. The number of hydrogen-bond acceptors (Lipinski definition) is 4. The third-order valence-electron chi connectivity index (χ3n) is 3.24. The maximum absolute atomic E-state index is 12.0. The number of nitro groups is 1. The van der Waals surface area contributed by atoms with Crippen LogP contribution in [0.1, 0.15) is 16.1 Å². The fraction of sp³-hybridized carbons (Fsp3) is 0.0625. The maximum Gasteiger partial charge on any atom is 0.355 e. The first kappa shape index (κ1) is 13.8. The smallest absolute Gasteiger partial charge is 0.355 e. The van der Waals surface area contributed by atoms with Gasteiger partial charge in [-0.3, -0.25) is 10.1 Å². The third kappa shape index (κ3) is 2.80. The Kier molecular flexibility index (Phi) is 3.57. The molecule has 0 fully saturated rings. The number of rotatable bonds is 4. The molecule has 0 aliphatic carbocycles. The number of H-pyrrole nitrogens is 1. The molecule has 0 bridgehead atoms. The summed E-state index contributed by atoms with van der Waals surface area (Å²) in [5.41, 5.74) is 1.74. The van der Waals surface area contributed by atoms with Crippen LogP contribution in [-0.4, -0.2) is 15.9 Å². The minimum absolute atomic E-state index is 0.0180. The molecule has 1 aromatic heterocycles. The number of aromatic nitrogens is 1. The number of benzene rings is 2. The Morgan fingerprint density at radius 2 is 1.95 bits per heavy atom. The molecule has 3 aromatic rings. The van der Waals surface area contributed by atoms with Crippen LogP contribution >= 0.6 is 0 Å². The van der Waals surface area contributed by atoms with E-state index >= 15 is 0 Å². The van der Waals surface area contributed by atoms with Crippen LogP contribution in [0.2, 0.25) is 0 Å².